The molecule has 21 heavy (non-hydrogen) atoms. The summed E-state index contributed by atoms with van der Waals surface area (Å²) in [4.78, 5) is 8.77. The molecule has 2 aromatic rings. The van der Waals surface area contributed by atoms with Gasteiger partial charge in [0.1, 0.15) is 29.1 Å². The Morgan fingerprint density at radius 1 is 1.00 bits per heavy atom. The minimum atomic E-state index is -0.670. The van der Waals surface area contributed by atoms with Crippen molar-refractivity contribution in [3.8, 4) is 0 Å². The van der Waals surface area contributed by atoms with Crippen LogP contribution in [-0.2, 0) is 5.41 Å². The summed E-state index contributed by atoms with van der Waals surface area (Å²) >= 11 is 0. The first kappa shape index (κ1) is 15.2. The predicted octanol–water partition coefficient (Wildman–Crippen LogP) is 3.84. The standard InChI is InChI=1S/C15H18F2N4/c1-15(2,3)14-20-12(18-4)8-13(21-14)19-11-6-5-9(16)7-10(11)17/h5-8H,1-4H3,(H2,18,19,20,21). The molecule has 6 heteroatoms. The van der Waals surface area contributed by atoms with E-state index in [0.717, 1.165) is 6.07 Å². The van der Waals surface area contributed by atoms with E-state index < -0.39 is 11.6 Å². The Morgan fingerprint density at radius 2 is 1.67 bits per heavy atom. The number of benzene rings is 1. The Balaban J connectivity index is 2.39. The lowest BCUT2D eigenvalue weighted by molar-refractivity contribution is 0.547. The zero-order chi connectivity index (χ0) is 15.6. The van der Waals surface area contributed by atoms with E-state index in [4.69, 9.17) is 0 Å². The molecular weight excluding hydrogens is 274 g/mol. The Hall–Kier alpha value is -2.24. The minimum absolute atomic E-state index is 0.164. The molecule has 1 aromatic carbocycles. The van der Waals surface area contributed by atoms with Gasteiger partial charge in [-0.25, -0.2) is 18.7 Å². The average Bonchev–Trinajstić information content (AvgIpc) is 2.40. The van der Waals surface area contributed by atoms with Crippen molar-refractivity contribution < 1.29 is 8.78 Å². The Kier molecular flexibility index (Phi) is 4.06. The summed E-state index contributed by atoms with van der Waals surface area (Å²) in [6.45, 7) is 5.97. The van der Waals surface area contributed by atoms with Gasteiger partial charge in [-0.15, -0.1) is 0 Å². The first-order valence-electron chi connectivity index (χ1n) is 6.59. The second-order valence-corrected chi connectivity index (χ2v) is 5.71. The minimum Gasteiger partial charge on any atom is -0.373 e. The number of rotatable bonds is 3. The Labute approximate surface area is 122 Å². The molecule has 0 saturated carbocycles. The maximum atomic E-state index is 13.7. The number of nitrogens with zero attached hydrogens (tertiary/aromatic N) is 2. The molecule has 112 valence electrons. The Morgan fingerprint density at radius 3 is 2.24 bits per heavy atom. The summed E-state index contributed by atoms with van der Waals surface area (Å²) in [7, 11) is 1.75. The number of nitrogens with one attached hydrogen (secondary N) is 2. The van der Waals surface area contributed by atoms with E-state index in [0.29, 0.717) is 17.5 Å². The molecule has 1 heterocycles. The van der Waals surface area contributed by atoms with E-state index in [-0.39, 0.29) is 11.1 Å². The monoisotopic (exact) mass is 292 g/mol. The van der Waals surface area contributed by atoms with Crippen molar-refractivity contribution in [1.82, 2.24) is 9.97 Å². The highest BCUT2D eigenvalue weighted by atomic mass is 19.1. The van der Waals surface area contributed by atoms with Gasteiger partial charge in [0.05, 0.1) is 5.69 Å². The molecule has 0 spiro atoms. The fraction of sp³-hybridized carbons (Fsp3) is 0.333. The zero-order valence-electron chi connectivity index (χ0n) is 12.5. The normalized spacial score (nSPS) is 11.3. The number of hydrogen-bond acceptors (Lipinski definition) is 4. The number of anilines is 3. The third-order valence-electron chi connectivity index (χ3n) is 2.85. The maximum Gasteiger partial charge on any atom is 0.149 e. The van der Waals surface area contributed by atoms with Crippen molar-refractivity contribution in [3.05, 3.63) is 41.7 Å². The van der Waals surface area contributed by atoms with Crippen LogP contribution in [0.3, 0.4) is 0 Å². The van der Waals surface area contributed by atoms with Crippen LogP contribution in [0.25, 0.3) is 0 Å². The van der Waals surface area contributed by atoms with Gasteiger partial charge in [-0.05, 0) is 12.1 Å². The van der Waals surface area contributed by atoms with Crippen molar-refractivity contribution in [1.29, 1.82) is 0 Å². The summed E-state index contributed by atoms with van der Waals surface area (Å²) in [5.41, 5.74) is -0.0815. The molecule has 0 aliphatic rings. The summed E-state index contributed by atoms with van der Waals surface area (Å²) in [5.74, 6) is 0.410. The molecule has 0 aliphatic heterocycles. The van der Waals surface area contributed by atoms with Crippen LogP contribution in [0.2, 0.25) is 0 Å². The maximum absolute atomic E-state index is 13.7. The second kappa shape index (κ2) is 5.63. The van der Waals surface area contributed by atoms with Gasteiger partial charge in [0.15, 0.2) is 0 Å². The van der Waals surface area contributed by atoms with Crippen LogP contribution in [0.4, 0.5) is 26.1 Å². The summed E-state index contributed by atoms with van der Waals surface area (Å²) in [5, 5.41) is 5.80. The van der Waals surface area contributed by atoms with Crippen LogP contribution in [0.1, 0.15) is 26.6 Å². The van der Waals surface area contributed by atoms with Gasteiger partial charge in [-0.1, -0.05) is 20.8 Å². The van der Waals surface area contributed by atoms with Crippen LogP contribution < -0.4 is 10.6 Å². The quantitative estimate of drug-likeness (QED) is 0.902. The molecular formula is C15H18F2N4. The van der Waals surface area contributed by atoms with Crippen molar-refractivity contribution in [2.75, 3.05) is 17.7 Å². The number of hydrogen-bond donors (Lipinski definition) is 2. The van der Waals surface area contributed by atoms with Gasteiger partial charge >= 0.3 is 0 Å². The highest BCUT2D eigenvalue weighted by Gasteiger charge is 2.19. The lowest BCUT2D eigenvalue weighted by Crippen LogP contribution is -2.17. The molecule has 0 radical (unpaired) electrons. The first-order valence-corrected chi connectivity index (χ1v) is 6.59. The van der Waals surface area contributed by atoms with Gasteiger partial charge in [0.2, 0.25) is 0 Å². The van der Waals surface area contributed by atoms with Crippen LogP contribution >= 0.6 is 0 Å². The van der Waals surface area contributed by atoms with Crippen LogP contribution in [-0.4, -0.2) is 17.0 Å². The highest BCUT2D eigenvalue weighted by Crippen LogP contribution is 2.25. The largest absolute Gasteiger partial charge is 0.373 e. The predicted molar refractivity (Wildman–Crippen MR) is 79.9 cm³/mol. The van der Waals surface area contributed by atoms with Crippen LogP contribution in [0, 0.1) is 11.6 Å². The average molecular weight is 292 g/mol. The number of aromatic nitrogens is 2. The van der Waals surface area contributed by atoms with Crippen molar-refractivity contribution in [2.24, 2.45) is 0 Å². The Bertz CT molecular complexity index is 651. The lowest BCUT2D eigenvalue weighted by atomic mass is 9.96. The van der Waals surface area contributed by atoms with Gasteiger partial charge < -0.3 is 10.6 Å². The van der Waals surface area contributed by atoms with Crippen molar-refractivity contribution >= 4 is 17.3 Å². The van der Waals surface area contributed by atoms with Crippen molar-refractivity contribution in [3.63, 3.8) is 0 Å². The molecule has 0 bridgehead atoms. The molecule has 0 fully saturated rings. The molecule has 1 aromatic heterocycles. The zero-order valence-corrected chi connectivity index (χ0v) is 12.5. The summed E-state index contributed by atoms with van der Waals surface area (Å²) < 4.78 is 26.6. The lowest BCUT2D eigenvalue weighted by Gasteiger charge is -2.19. The van der Waals surface area contributed by atoms with Gasteiger partial charge in [-0.3, -0.25) is 0 Å². The smallest absolute Gasteiger partial charge is 0.149 e. The fourth-order valence-electron chi connectivity index (χ4n) is 1.70. The third kappa shape index (κ3) is 3.65. The topological polar surface area (TPSA) is 49.8 Å². The van der Waals surface area contributed by atoms with Gasteiger partial charge in [0.25, 0.3) is 0 Å². The number of halogens is 2. The van der Waals surface area contributed by atoms with Gasteiger partial charge in [0, 0.05) is 24.6 Å². The highest BCUT2D eigenvalue weighted by molar-refractivity contribution is 5.59. The van der Waals surface area contributed by atoms with E-state index in [1.165, 1.54) is 12.1 Å². The van der Waals surface area contributed by atoms with Gasteiger partial charge in [-0.2, -0.15) is 0 Å². The SMILES string of the molecule is CNc1cc(Nc2ccc(F)cc2F)nc(C(C)(C)C)n1. The molecule has 0 unspecified atom stereocenters. The van der Waals surface area contributed by atoms with E-state index in [1.54, 1.807) is 13.1 Å². The van der Waals surface area contributed by atoms with E-state index in [1.807, 2.05) is 20.8 Å². The fourth-order valence-corrected chi connectivity index (χ4v) is 1.70. The van der Waals surface area contributed by atoms with Crippen LogP contribution in [0.15, 0.2) is 24.3 Å². The van der Waals surface area contributed by atoms with E-state index >= 15 is 0 Å². The third-order valence-corrected chi connectivity index (χ3v) is 2.85. The van der Waals surface area contributed by atoms with Crippen molar-refractivity contribution in [2.45, 2.75) is 26.2 Å². The summed E-state index contributed by atoms with van der Waals surface area (Å²) in [6.07, 6.45) is 0. The molecule has 2 rings (SSSR count). The molecule has 0 aliphatic carbocycles. The molecule has 4 nitrogen and oxygen atoms in total. The van der Waals surface area contributed by atoms with Crippen LogP contribution in [0.5, 0.6) is 0 Å². The van der Waals surface area contributed by atoms with E-state index in [2.05, 4.69) is 20.6 Å². The van der Waals surface area contributed by atoms with E-state index in [9.17, 15) is 8.78 Å². The summed E-state index contributed by atoms with van der Waals surface area (Å²) in [6, 6.07) is 5.02. The second-order valence-electron chi connectivity index (χ2n) is 5.71. The molecule has 0 amide bonds. The molecule has 0 saturated heterocycles. The molecule has 2 N–H and O–H groups in total. The first-order chi connectivity index (χ1) is 9.79. The molecule has 0 atom stereocenters.